The van der Waals surface area contributed by atoms with E-state index in [-0.39, 0.29) is 39.7 Å². The summed E-state index contributed by atoms with van der Waals surface area (Å²) in [5.41, 5.74) is 3.95. The molecule has 0 nitrogen and oxygen atoms in total. The van der Waals surface area contributed by atoms with Crippen LogP contribution >= 0.6 is 24.8 Å². The maximum atomic E-state index is 3.06. The van der Waals surface area contributed by atoms with Crippen molar-refractivity contribution in [2.24, 2.45) is 0 Å². The van der Waals surface area contributed by atoms with Gasteiger partial charge in [0.2, 0.25) is 0 Å². The molecule has 3 aromatic carbocycles. The Bertz CT molecular complexity index is 651. The topological polar surface area (TPSA) is 0 Å². The van der Waals surface area contributed by atoms with E-state index in [0.29, 0.717) is 0 Å². The zero-order chi connectivity index (χ0) is 13.0. The molecule has 0 saturated heterocycles. The normalized spacial score (nSPS) is 8.00. The molecular formula is C18H21Cl2SiZr-3. The van der Waals surface area contributed by atoms with Crippen molar-refractivity contribution in [2.45, 2.75) is 6.92 Å². The van der Waals surface area contributed by atoms with Gasteiger partial charge in [0.1, 0.15) is 0 Å². The summed E-state index contributed by atoms with van der Waals surface area (Å²) >= 11 is 1.36. The standard InChI is InChI=1S/C16H13.2CH3.2ClH.Si.Zr/c1-12-10-14-8-5-9-15(16(14)11-12)13-6-3-2-4-7-13;;;;;;/h2-11H,1H3;2*1H3;2*1H;;/q3*-1;;;;. The van der Waals surface area contributed by atoms with E-state index in [1.807, 2.05) is 0 Å². The van der Waals surface area contributed by atoms with Gasteiger partial charge >= 0.3 is 30.2 Å². The average Bonchev–Trinajstić information content (AvgIpc) is 2.82. The van der Waals surface area contributed by atoms with Crippen LogP contribution in [0.5, 0.6) is 0 Å². The van der Waals surface area contributed by atoms with E-state index in [2.05, 4.69) is 74.5 Å². The molecule has 0 spiro atoms. The molecule has 3 rings (SSSR count). The first-order chi connectivity index (χ1) is 8.84. The van der Waals surface area contributed by atoms with E-state index >= 15 is 0 Å². The quantitative estimate of drug-likeness (QED) is 0.335. The van der Waals surface area contributed by atoms with Gasteiger partial charge in [-0.3, -0.25) is 0 Å². The Balaban J connectivity index is -0.000000579. The molecule has 4 heteroatoms. The van der Waals surface area contributed by atoms with Gasteiger partial charge < -0.3 is 14.9 Å². The number of hydrogen-bond acceptors (Lipinski definition) is 0. The Morgan fingerprint density at radius 2 is 1.45 bits per heavy atom. The summed E-state index contributed by atoms with van der Waals surface area (Å²) in [6.45, 7) is 5.21. The van der Waals surface area contributed by atoms with Crippen LogP contribution in [0.2, 0.25) is 0 Å². The van der Waals surface area contributed by atoms with Gasteiger partial charge in [0, 0.05) is 0 Å². The monoisotopic (exact) mass is 425 g/mol. The molecule has 3 aromatic rings. The molecule has 0 bridgehead atoms. The van der Waals surface area contributed by atoms with Crippen molar-refractivity contribution in [3.63, 3.8) is 0 Å². The zero-order valence-corrected chi connectivity index (χ0v) is 18.2. The average molecular weight is 428 g/mol. The van der Waals surface area contributed by atoms with Crippen molar-refractivity contribution in [1.82, 2.24) is 0 Å². The summed E-state index contributed by atoms with van der Waals surface area (Å²) in [5, 5.41) is 2.69. The first-order valence-electron chi connectivity index (χ1n) is 5.81. The number of rotatable bonds is 1. The zero-order valence-electron chi connectivity index (χ0n) is 13.1. The van der Waals surface area contributed by atoms with E-state index in [1.54, 1.807) is 0 Å². The predicted octanol–water partition coefficient (Wildman–Crippen LogP) is 5.90. The number of halogens is 2. The van der Waals surface area contributed by atoms with Gasteiger partial charge in [-0.1, -0.05) is 48.9 Å². The third-order valence-electron chi connectivity index (χ3n) is 2.98. The molecule has 0 aliphatic rings. The minimum atomic E-state index is 0. The second-order valence-electron chi connectivity index (χ2n) is 4.21. The van der Waals surface area contributed by atoms with Gasteiger partial charge in [0.05, 0.1) is 0 Å². The molecule has 0 fully saturated rings. The van der Waals surface area contributed by atoms with Gasteiger partial charge in [-0.2, -0.15) is 6.07 Å². The van der Waals surface area contributed by atoms with Crippen LogP contribution in [0, 0.1) is 21.8 Å². The molecule has 0 heterocycles. The number of benzene rings is 2. The Morgan fingerprint density at radius 1 is 0.864 bits per heavy atom. The van der Waals surface area contributed by atoms with Crippen molar-refractivity contribution < 1.29 is 23.3 Å². The summed E-state index contributed by atoms with van der Waals surface area (Å²) in [6, 6.07) is 21.6. The second-order valence-corrected chi connectivity index (χ2v) is 4.21. The number of fused-ring (bicyclic) bond motifs is 1. The van der Waals surface area contributed by atoms with Crippen LogP contribution < -0.4 is 0 Å². The molecule has 0 aliphatic carbocycles. The van der Waals surface area contributed by atoms with Crippen LogP contribution in [-0.2, 0) is 23.3 Å². The minimum absolute atomic E-state index is 0. The van der Waals surface area contributed by atoms with Crippen molar-refractivity contribution in [1.29, 1.82) is 0 Å². The second kappa shape index (κ2) is 13.2. The molecule has 0 N–H and O–H groups in total. The molecule has 22 heavy (non-hydrogen) atoms. The number of aryl methyl sites for hydroxylation is 1. The van der Waals surface area contributed by atoms with E-state index in [9.17, 15) is 0 Å². The maximum absolute atomic E-state index is 3.06. The molecular weight excluding hydrogens is 406 g/mol. The molecule has 118 valence electrons. The molecule has 0 atom stereocenters. The molecule has 0 aliphatic heterocycles. The third kappa shape index (κ3) is 6.08. The van der Waals surface area contributed by atoms with Gasteiger partial charge in [0.25, 0.3) is 0 Å². The Kier molecular flexibility index (Phi) is 16.0. The fourth-order valence-electron chi connectivity index (χ4n) is 2.25. The summed E-state index contributed by atoms with van der Waals surface area (Å²) in [4.78, 5) is 0. The Morgan fingerprint density at radius 3 is 2.05 bits per heavy atom. The molecule has 0 unspecified atom stereocenters. The molecule has 0 saturated carbocycles. The van der Waals surface area contributed by atoms with E-state index < -0.39 is 0 Å². The van der Waals surface area contributed by atoms with E-state index in [4.69, 9.17) is 0 Å². The Hall–Kier alpha value is -0.270. The molecule has 0 amide bonds. The Labute approximate surface area is 164 Å². The van der Waals surface area contributed by atoms with Crippen molar-refractivity contribution in [2.75, 3.05) is 0 Å². The summed E-state index contributed by atoms with van der Waals surface area (Å²) in [6.07, 6.45) is 0. The summed E-state index contributed by atoms with van der Waals surface area (Å²) < 4.78 is 0. The number of hydrogen-bond donors (Lipinski definition) is 0. The SMILES string of the molecule is Cc1cc2c(-c3ccccc3)cccc2[cH-]1.Cl.Cl.[CH3-].[CH3-].[Si]=[Zr]. The fraction of sp³-hybridized carbons (Fsp3) is 0.0556. The summed E-state index contributed by atoms with van der Waals surface area (Å²) in [5.74, 6) is 0. The van der Waals surface area contributed by atoms with Crippen LogP contribution in [0.1, 0.15) is 5.56 Å². The van der Waals surface area contributed by atoms with Crippen molar-refractivity contribution in [3.8, 4) is 11.1 Å². The van der Waals surface area contributed by atoms with Gasteiger partial charge in [-0.25, -0.2) is 0 Å². The third-order valence-corrected chi connectivity index (χ3v) is 2.98. The van der Waals surface area contributed by atoms with Gasteiger partial charge in [-0.05, 0) is 5.56 Å². The van der Waals surface area contributed by atoms with E-state index in [1.165, 1.54) is 50.8 Å². The van der Waals surface area contributed by atoms with Crippen molar-refractivity contribution >= 4 is 42.5 Å². The van der Waals surface area contributed by atoms with Crippen molar-refractivity contribution in [3.05, 3.63) is 81.1 Å². The fourth-order valence-corrected chi connectivity index (χ4v) is 2.25. The predicted molar refractivity (Wildman–Crippen MR) is 103 cm³/mol. The van der Waals surface area contributed by atoms with Gasteiger partial charge in [0.15, 0.2) is 0 Å². The van der Waals surface area contributed by atoms with Crippen LogP contribution in [0.15, 0.2) is 60.7 Å². The first-order valence-corrected chi connectivity index (χ1v) is 10.00. The van der Waals surface area contributed by atoms with E-state index in [0.717, 1.165) is 0 Å². The summed E-state index contributed by atoms with van der Waals surface area (Å²) in [7, 11) is 0. The van der Waals surface area contributed by atoms with Crippen LogP contribution in [0.4, 0.5) is 0 Å². The molecule has 0 aromatic heterocycles. The van der Waals surface area contributed by atoms with Crippen LogP contribution in [0.25, 0.3) is 21.9 Å². The van der Waals surface area contributed by atoms with Crippen LogP contribution in [0.3, 0.4) is 0 Å². The van der Waals surface area contributed by atoms with Crippen LogP contribution in [-0.4, -0.2) is 6.88 Å². The molecule has 2 radical (unpaired) electrons. The van der Waals surface area contributed by atoms with Gasteiger partial charge in [-0.15, -0.1) is 59.3 Å². The first kappa shape index (κ1) is 26.6.